The normalized spacial score (nSPS) is 15.9. The Morgan fingerprint density at radius 3 is 2.58 bits per heavy atom. The Kier molecular flexibility index (Phi) is 4.01. The van der Waals surface area contributed by atoms with Crippen LogP contribution in [0.3, 0.4) is 0 Å². The quantitative estimate of drug-likeness (QED) is 0.591. The number of aromatic nitrogens is 2. The van der Waals surface area contributed by atoms with Crippen molar-refractivity contribution in [2.75, 3.05) is 5.32 Å². The molecule has 1 aliphatic rings. The van der Waals surface area contributed by atoms with Crippen molar-refractivity contribution in [3.05, 3.63) is 33.3 Å². The molecule has 0 amide bonds. The summed E-state index contributed by atoms with van der Waals surface area (Å²) in [7, 11) is -3.75. The number of benzene rings is 1. The SMILES string of the molecule is Cc1nnc(Nc2cc(S(=O)(=O)NC3(C)CC3)ccc2[N+](=O)[O-])s1. The molecule has 1 aromatic carbocycles. The highest BCUT2D eigenvalue weighted by Gasteiger charge is 2.41. The molecule has 0 aliphatic heterocycles. The minimum atomic E-state index is -3.75. The first-order chi connectivity index (χ1) is 11.2. The molecular formula is C13H15N5O4S2. The van der Waals surface area contributed by atoms with E-state index in [9.17, 15) is 18.5 Å². The van der Waals surface area contributed by atoms with Crippen LogP contribution in [0.25, 0.3) is 0 Å². The lowest BCUT2D eigenvalue weighted by Crippen LogP contribution is -2.34. The van der Waals surface area contributed by atoms with Crippen molar-refractivity contribution in [2.24, 2.45) is 0 Å². The molecule has 24 heavy (non-hydrogen) atoms. The zero-order valence-electron chi connectivity index (χ0n) is 12.9. The molecular weight excluding hydrogens is 354 g/mol. The van der Waals surface area contributed by atoms with E-state index in [-0.39, 0.29) is 16.3 Å². The predicted octanol–water partition coefficient (Wildman–Crippen LogP) is 2.33. The van der Waals surface area contributed by atoms with Crippen LogP contribution in [-0.2, 0) is 10.0 Å². The average molecular weight is 369 g/mol. The van der Waals surface area contributed by atoms with Crippen molar-refractivity contribution in [1.82, 2.24) is 14.9 Å². The molecule has 0 saturated heterocycles. The highest BCUT2D eigenvalue weighted by molar-refractivity contribution is 7.89. The number of nitrogens with zero attached hydrogens (tertiary/aromatic N) is 3. The first kappa shape index (κ1) is 16.7. The van der Waals surface area contributed by atoms with Gasteiger partial charge in [0.15, 0.2) is 0 Å². The summed E-state index contributed by atoms with van der Waals surface area (Å²) in [6.45, 7) is 3.57. The molecule has 128 valence electrons. The van der Waals surface area contributed by atoms with Crippen LogP contribution < -0.4 is 10.0 Å². The zero-order chi connectivity index (χ0) is 17.5. The zero-order valence-corrected chi connectivity index (χ0v) is 14.6. The molecule has 3 rings (SSSR count). The van der Waals surface area contributed by atoms with E-state index in [0.29, 0.717) is 10.1 Å². The van der Waals surface area contributed by atoms with Gasteiger partial charge in [-0.05, 0) is 38.8 Å². The lowest BCUT2D eigenvalue weighted by Gasteiger charge is -2.13. The summed E-state index contributed by atoms with van der Waals surface area (Å²) < 4.78 is 27.5. The van der Waals surface area contributed by atoms with Crippen LogP contribution >= 0.6 is 11.3 Å². The molecule has 0 spiro atoms. The van der Waals surface area contributed by atoms with E-state index in [4.69, 9.17) is 0 Å². The number of aryl methyl sites for hydroxylation is 1. The summed E-state index contributed by atoms with van der Waals surface area (Å²) in [5.41, 5.74) is -0.607. The minimum Gasteiger partial charge on any atom is -0.324 e. The summed E-state index contributed by atoms with van der Waals surface area (Å²) in [4.78, 5) is 10.6. The molecule has 1 saturated carbocycles. The van der Waals surface area contributed by atoms with E-state index in [2.05, 4.69) is 20.2 Å². The second-order valence-electron chi connectivity index (χ2n) is 5.85. The third-order valence-corrected chi connectivity index (χ3v) is 6.01. The van der Waals surface area contributed by atoms with Crippen molar-refractivity contribution in [2.45, 2.75) is 37.1 Å². The number of nitrogens with one attached hydrogen (secondary N) is 2. The number of rotatable bonds is 6. The highest BCUT2D eigenvalue weighted by Crippen LogP contribution is 2.37. The largest absolute Gasteiger partial charge is 0.324 e. The summed E-state index contributed by atoms with van der Waals surface area (Å²) in [6, 6.07) is 3.63. The van der Waals surface area contributed by atoms with E-state index >= 15 is 0 Å². The number of sulfonamides is 1. The van der Waals surface area contributed by atoms with Gasteiger partial charge in [-0.3, -0.25) is 10.1 Å². The van der Waals surface area contributed by atoms with Crippen LogP contribution in [0.5, 0.6) is 0 Å². The van der Waals surface area contributed by atoms with Gasteiger partial charge in [0.05, 0.1) is 9.82 Å². The molecule has 1 aliphatic carbocycles. The maximum Gasteiger partial charge on any atom is 0.292 e. The summed E-state index contributed by atoms with van der Waals surface area (Å²) in [6.07, 6.45) is 1.54. The summed E-state index contributed by atoms with van der Waals surface area (Å²) >= 11 is 1.22. The fourth-order valence-corrected chi connectivity index (χ4v) is 4.17. The molecule has 2 N–H and O–H groups in total. The van der Waals surface area contributed by atoms with E-state index in [1.54, 1.807) is 6.92 Å². The maximum atomic E-state index is 12.4. The predicted molar refractivity (Wildman–Crippen MR) is 89.0 cm³/mol. The molecule has 0 bridgehead atoms. The molecule has 2 aromatic rings. The Bertz CT molecular complexity index is 905. The van der Waals surface area contributed by atoms with Gasteiger partial charge in [-0.2, -0.15) is 0 Å². The molecule has 1 fully saturated rings. The van der Waals surface area contributed by atoms with E-state index in [0.717, 1.165) is 12.8 Å². The van der Waals surface area contributed by atoms with Crippen molar-refractivity contribution < 1.29 is 13.3 Å². The molecule has 9 nitrogen and oxygen atoms in total. The van der Waals surface area contributed by atoms with Gasteiger partial charge in [-0.25, -0.2) is 13.1 Å². The molecule has 11 heteroatoms. The van der Waals surface area contributed by atoms with Crippen LogP contribution in [0.15, 0.2) is 23.1 Å². The summed E-state index contributed by atoms with van der Waals surface area (Å²) in [5.74, 6) is 0. The van der Waals surface area contributed by atoms with Crippen LogP contribution in [0.1, 0.15) is 24.8 Å². The topological polar surface area (TPSA) is 127 Å². The van der Waals surface area contributed by atoms with Crippen molar-refractivity contribution >= 4 is 37.9 Å². The van der Waals surface area contributed by atoms with Gasteiger partial charge in [0.25, 0.3) is 5.69 Å². The summed E-state index contributed by atoms with van der Waals surface area (Å²) in [5, 5.41) is 22.7. The second-order valence-corrected chi connectivity index (χ2v) is 8.72. The Balaban J connectivity index is 1.97. The standard InChI is InChI=1S/C13H15N5O4S2/c1-8-15-16-12(23-8)14-10-7-9(3-4-11(10)18(19)20)24(21,22)17-13(2)5-6-13/h3-4,7,17H,5-6H2,1-2H3,(H,14,16). The van der Waals surface area contributed by atoms with E-state index in [1.165, 1.54) is 29.5 Å². The van der Waals surface area contributed by atoms with Crippen molar-refractivity contribution in [3.63, 3.8) is 0 Å². The fourth-order valence-electron chi connectivity index (χ4n) is 2.08. The number of anilines is 2. The second kappa shape index (κ2) is 5.76. The van der Waals surface area contributed by atoms with E-state index < -0.39 is 20.5 Å². The Morgan fingerprint density at radius 2 is 2.04 bits per heavy atom. The minimum absolute atomic E-state index is 0.0371. The van der Waals surface area contributed by atoms with Gasteiger partial charge in [0.2, 0.25) is 15.2 Å². The highest BCUT2D eigenvalue weighted by atomic mass is 32.2. The molecule has 0 atom stereocenters. The van der Waals surface area contributed by atoms with Crippen molar-refractivity contribution in [1.29, 1.82) is 0 Å². The van der Waals surface area contributed by atoms with Gasteiger partial charge >= 0.3 is 0 Å². The van der Waals surface area contributed by atoms with Crippen LogP contribution in [0.4, 0.5) is 16.5 Å². The Hall–Kier alpha value is -2.11. The van der Waals surface area contributed by atoms with Gasteiger partial charge in [-0.15, -0.1) is 10.2 Å². The van der Waals surface area contributed by atoms with Gasteiger partial charge in [0, 0.05) is 11.6 Å². The van der Waals surface area contributed by atoms with Crippen LogP contribution in [-0.4, -0.2) is 29.1 Å². The lowest BCUT2D eigenvalue weighted by molar-refractivity contribution is -0.384. The first-order valence-electron chi connectivity index (χ1n) is 7.08. The molecule has 0 unspecified atom stereocenters. The fraction of sp³-hybridized carbons (Fsp3) is 0.385. The number of hydrogen-bond acceptors (Lipinski definition) is 8. The number of nitro groups is 1. The number of nitro benzene ring substituents is 1. The van der Waals surface area contributed by atoms with Crippen molar-refractivity contribution in [3.8, 4) is 0 Å². The monoisotopic (exact) mass is 369 g/mol. The van der Waals surface area contributed by atoms with Crippen LogP contribution in [0, 0.1) is 17.0 Å². The van der Waals surface area contributed by atoms with Gasteiger partial charge < -0.3 is 5.32 Å². The average Bonchev–Trinajstić information content (AvgIpc) is 3.05. The Labute approximate surface area is 142 Å². The molecule has 0 radical (unpaired) electrons. The van der Waals surface area contributed by atoms with E-state index in [1.807, 2.05) is 6.92 Å². The van der Waals surface area contributed by atoms with Crippen LogP contribution in [0.2, 0.25) is 0 Å². The van der Waals surface area contributed by atoms with Gasteiger partial charge in [0.1, 0.15) is 10.7 Å². The lowest BCUT2D eigenvalue weighted by atomic mass is 10.3. The maximum absolute atomic E-state index is 12.4. The third-order valence-electron chi connectivity index (χ3n) is 3.62. The molecule has 1 aromatic heterocycles. The first-order valence-corrected chi connectivity index (χ1v) is 9.38. The molecule has 1 heterocycles. The van der Waals surface area contributed by atoms with Gasteiger partial charge in [-0.1, -0.05) is 11.3 Å². The number of hydrogen-bond donors (Lipinski definition) is 2. The Morgan fingerprint density at radius 1 is 1.33 bits per heavy atom. The third kappa shape index (κ3) is 3.52. The smallest absolute Gasteiger partial charge is 0.292 e.